The van der Waals surface area contributed by atoms with E-state index >= 15 is 17.6 Å². The van der Waals surface area contributed by atoms with Crippen LogP contribution in [-0.2, 0) is 11.8 Å². The Balaban J connectivity index is 1.29. The lowest BCUT2D eigenvalue weighted by Crippen LogP contribution is -2.39. The molecule has 0 saturated carbocycles. The second kappa shape index (κ2) is 15.2. The van der Waals surface area contributed by atoms with Crippen molar-refractivity contribution in [3.05, 3.63) is 222 Å². The number of benzene rings is 9. The molecule has 0 radical (unpaired) electrons. The van der Waals surface area contributed by atoms with Gasteiger partial charge in [-0.05, 0) is 107 Å². The number of rotatable bonds is 6. The molecule has 1 aliphatic carbocycles. The van der Waals surface area contributed by atoms with Gasteiger partial charge in [0, 0.05) is 32.7 Å². The van der Waals surface area contributed by atoms with Gasteiger partial charge in [0.15, 0.2) is 0 Å². The zero-order valence-corrected chi connectivity index (χ0v) is 37.3. The van der Waals surface area contributed by atoms with Crippen LogP contribution in [0.2, 0.25) is 0 Å². The van der Waals surface area contributed by atoms with Crippen molar-refractivity contribution in [3.63, 3.8) is 0 Å². The number of alkyl halides is 4. The van der Waals surface area contributed by atoms with Crippen molar-refractivity contribution in [2.24, 2.45) is 5.41 Å². The van der Waals surface area contributed by atoms with E-state index in [0.29, 0.717) is 22.1 Å². The van der Waals surface area contributed by atoms with E-state index in [1.165, 1.54) is 0 Å². The lowest BCUT2D eigenvalue weighted by atomic mass is 9.83. The number of nitrogens with zero attached hydrogens (tertiary/aromatic N) is 4. The van der Waals surface area contributed by atoms with E-state index in [-0.39, 0.29) is 11.4 Å². The van der Waals surface area contributed by atoms with E-state index in [1.807, 2.05) is 194 Å². The van der Waals surface area contributed by atoms with Crippen molar-refractivity contribution >= 4 is 49.3 Å². The molecule has 0 N–H and O–H groups in total. The highest BCUT2D eigenvalue weighted by Gasteiger charge is 2.72. The fourth-order valence-electron chi connectivity index (χ4n) is 10.6. The molecule has 2 aromatic heterocycles. The number of aromatic nitrogens is 2. The van der Waals surface area contributed by atoms with Crippen molar-refractivity contribution in [1.29, 1.82) is 5.26 Å². The molecule has 0 bridgehead atoms. The summed E-state index contributed by atoms with van der Waals surface area (Å²) in [5, 5.41) is 14.5. The fraction of sp³-hybridized carbons (Fsp3) is 0.0820. The number of hydrogen-bond donors (Lipinski definition) is 0. The minimum Gasteiger partial charge on any atom is -0.317 e. The van der Waals surface area contributed by atoms with Crippen molar-refractivity contribution in [2.75, 3.05) is 0 Å². The molecule has 0 amide bonds. The smallest absolute Gasteiger partial charge is 0.284 e. The Labute approximate surface area is 395 Å². The molecule has 0 aliphatic heterocycles. The molecular weight excluding hydrogens is 865 g/mol. The number of halogens is 4. The maximum absolute atomic E-state index is 17.3. The molecule has 0 unspecified atom stereocenters. The Morgan fingerprint density at radius 3 is 1.03 bits per heavy atom. The fourth-order valence-corrected chi connectivity index (χ4v) is 10.6. The number of nitriles is 1. The van der Waals surface area contributed by atoms with Crippen LogP contribution in [0.25, 0.3) is 104 Å². The van der Waals surface area contributed by atoms with Gasteiger partial charge in [-0.15, -0.1) is 0 Å². The van der Waals surface area contributed by atoms with Crippen molar-refractivity contribution in [1.82, 2.24) is 9.13 Å². The average Bonchev–Trinajstić information content (AvgIpc) is 3.92. The van der Waals surface area contributed by atoms with E-state index < -0.39 is 39.6 Å². The monoisotopic (exact) mass is 902 g/mol. The second-order valence-electron chi connectivity index (χ2n) is 18.2. The summed E-state index contributed by atoms with van der Waals surface area (Å²) in [6.45, 7) is 10.5. The van der Waals surface area contributed by atoms with Crippen LogP contribution in [0.3, 0.4) is 0 Å². The van der Waals surface area contributed by atoms with Crippen LogP contribution < -0.4 is 0 Å². The van der Waals surface area contributed by atoms with Gasteiger partial charge in [0.25, 0.3) is 11.8 Å². The maximum atomic E-state index is 17.3. The first kappa shape index (κ1) is 41.7. The van der Waals surface area contributed by atoms with Crippen LogP contribution in [0, 0.1) is 23.3 Å². The van der Waals surface area contributed by atoms with Crippen LogP contribution in [0.15, 0.2) is 194 Å². The summed E-state index contributed by atoms with van der Waals surface area (Å²) in [4.78, 5) is 3.88. The van der Waals surface area contributed by atoms with Gasteiger partial charge >= 0.3 is 0 Å². The summed E-state index contributed by atoms with van der Waals surface area (Å²) in [6, 6.07) is 64.9. The number of fused-ring (bicyclic) bond motifs is 7. The van der Waals surface area contributed by atoms with Crippen LogP contribution >= 0.6 is 0 Å². The number of hydrogen-bond acceptors (Lipinski definition) is 1. The third-order valence-electron chi connectivity index (χ3n) is 14.2. The van der Waals surface area contributed by atoms with Gasteiger partial charge in [-0.3, -0.25) is 0 Å². The Morgan fingerprint density at radius 1 is 0.420 bits per heavy atom. The predicted octanol–water partition coefficient (Wildman–Crippen LogP) is 17.2. The lowest BCUT2D eigenvalue weighted by Gasteiger charge is -2.32. The highest BCUT2D eigenvalue weighted by atomic mass is 19.3. The first-order valence-corrected chi connectivity index (χ1v) is 22.6. The second-order valence-corrected chi connectivity index (χ2v) is 18.2. The molecule has 4 nitrogen and oxygen atoms in total. The molecule has 11 aromatic rings. The molecule has 1 aliphatic rings. The van der Waals surface area contributed by atoms with E-state index in [1.54, 1.807) is 9.13 Å². The summed E-state index contributed by atoms with van der Waals surface area (Å²) >= 11 is 0. The van der Waals surface area contributed by atoms with Crippen molar-refractivity contribution in [2.45, 2.75) is 25.7 Å². The summed E-state index contributed by atoms with van der Waals surface area (Å²) in [6.07, 6.45) is 0. The van der Waals surface area contributed by atoms with Gasteiger partial charge in [0.1, 0.15) is 6.07 Å². The quantitative estimate of drug-likeness (QED) is 0.121. The predicted molar refractivity (Wildman–Crippen MR) is 269 cm³/mol. The van der Waals surface area contributed by atoms with Gasteiger partial charge in [-0.2, -0.15) is 5.26 Å². The molecule has 2 heterocycles. The minimum atomic E-state index is -4.24. The van der Waals surface area contributed by atoms with Gasteiger partial charge in [0.2, 0.25) is 5.69 Å². The Kier molecular flexibility index (Phi) is 9.15. The summed E-state index contributed by atoms with van der Waals surface area (Å²) in [5.41, 5.74) is 2.80. The summed E-state index contributed by atoms with van der Waals surface area (Å²) in [7, 11) is 0. The Bertz CT molecular complexity index is 3540. The molecule has 0 fully saturated rings. The molecule has 9 aromatic carbocycles. The maximum Gasteiger partial charge on any atom is 0.284 e. The normalized spacial score (nSPS) is 14.6. The SMILES string of the molecule is [C-]#[N+]c1c(-n2c3ccc(-c4ccccc4)cc3c3cc(-c4ccccc4)ccc32)c(-n2c3ccc(-c4ccccc4)cc3c3cc(-c4ccccc4)ccc32)c(C#N)c2c1C(F)(F)C(C)(C)C2(F)F. The standard InChI is InChI=1S/C61H38F4N4/c1-59(2)60(62,63)54-49(36-66)57(68-50-28-24-41(37-16-8-4-9-17-37)32-45(50)46-33-42(25-29-51(46)68)38-18-10-5-11-19-38)58(56(67-3)55(54)61(59,64)65)69-52-30-26-43(39-20-12-6-13-21-39)34-47(52)48-35-44(27-31-53(48)69)40-22-14-7-15-23-40/h4-35H,1-2H3. The zero-order valence-electron chi connectivity index (χ0n) is 37.3. The minimum absolute atomic E-state index is 0.0894. The molecule has 0 saturated heterocycles. The molecule has 69 heavy (non-hydrogen) atoms. The van der Waals surface area contributed by atoms with E-state index in [2.05, 4.69) is 10.9 Å². The van der Waals surface area contributed by atoms with Gasteiger partial charge in [0.05, 0.1) is 51.0 Å². The largest absolute Gasteiger partial charge is 0.317 e. The Hall–Kier alpha value is -8.72. The van der Waals surface area contributed by atoms with Gasteiger partial charge < -0.3 is 9.13 Å². The van der Waals surface area contributed by atoms with E-state index in [9.17, 15) is 5.26 Å². The zero-order chi connectivity index (χ0) is 47.4. The lowest BCUT2D eigenvalue weighted by molar-refractivity contribution is -0.212. The third kappa shape index (κ3) is 5.92. The molecule has 8 heteroatoms. The summed E-state index contributed by atoms with van der Waals surface area (Å²) in [5.74, 6) is -8.47. The molecule has 0 atom stereocenters. The van der Waals surface area contributed by atoms with E-state index in [0.717, 1.165) is 79.9 Å². The third-order valence-corrected chi connectivity index (χ3v) is 14.2. The summed E-state index contributed by atoms with van der Waals surface area (Å²) < 4.78 is 72.9. The average molecular weight is 903 g/mol. The van der Waals surface area contributed by atoms with Crippen LogP contribution in [0.5, 0.6) is 0 Å². The van der Waals surface area contributed by atoms with Crippen LogP contribution in [-0.4, -0.2) is 9.13 Å². The topological polar surface area (TPSA) is 38.0 Å². The highest BCUT2D eigenvalue weighted by Crippen LogP contribution is 2.69. The molecular formula is C61H38F4N4. The molecule has 12 rings (SSSR count). The van der Waals surface area contributed by atoms with Crippen LogP contribution in [0.1, 0.15) is 30.5 Å². The molecule has 330 valence electrons. The van der Waals surface area contributed by atoms with Gasteiger partial charge in [-0.1, -0.05) is 146 Å². The highest BCUT2D eigenvalue weighted by molar-refractivity contribution is 6.15. The van der Waals surface area contributed by atoms with E-state index in [4.69, 9.17) is 6.57 Å². The van der Waals surface area contributed by atoms with Gasteiger partial charge in [-0.25, -0.2) is 22.4 Å². The van der Waals surface area contributed by atoms with Crippen LogP contribution in [0.4, 0.5) is 23.2 Å². The Morgan fingerprint density at radius 2 is 0.725 bits per heavy atom. The van der Waals surface area contributed by atoms with Crippen molar-refractivity contribution in [3.8, 4) is 62.0 Å². The molecule has 0 spiro atoms. The first-order chi connectivity index (χ1) is 33.4. The van der Waals surface area contributed by atoms with Crippen molar-refractivity contribution < 1.29 is 17.6 Å². The first-order valence-electron chi connectivity index (χ1n) is 22.6.